The van der Waals surface area contributed by atoms with E-state index in [1.54, 1.807) is 14.0 Å². The van der Waals surface area contributed by atoms with E-state index in [0.717, 1.165) is 6.42 Å². The third-order valence-corrected chi connectivity index (χ3v) is 7.18. The Bertz CT molecular complexity index is 1140. The minimum absolute atomic E-state index is 0.00639. The molecule has 0 spiro atoms. The smallest absolute Gasteiger partial charge is 0.269 e. The highest BCUT2D eigenvalue weighted by atomic mass is 32.2. The lowest BCUT2D eigenvalue weighted by Crippen LogP contribution is -2.46. The fourth-order valence-corrected chi connectivity index (χ4v) is 5.22. The summed E-state index contributed by atoms with van der Waals surface area (Å²) >= 11 is 0. The molecule has 180 valence electrons. The summed E-state index contributed by atoms with van der Waals surface area (Å²) in [6.45, 7) is 5.79. The van der Waals surface area contributed by atoms with E-state index < -0.39 is 21.8 Å². The predicted molar refractivity (Wildman–Crippen MR) is 123 cm³/mol. The van der Waals surface area contributed by atoms with Crippen molar-refractivity contribution < 1.29 is 22.7 Å². The second-order valence-electron chi connectivity index (χ2n) is 7.61. The molecule has 4 N–H and O–H groups in total. The zero-order valence-electron chi connectivity index (χ0n) is 19.1. The number of aromatic nitrogens is 2. The molecule has 11 nitrogen and oxygen atoms in total. The molecule has 0 saturated carbocycles. The monoisotopic (exact) mass is 478 g/mol. The fourth-order valence-electron chi connectivity index (χ4n) is 3.75. The van der Waals surface area contributed by atoms with Crippen molar-refractivity contribution in [3.63, 3.8) is 0 Å². The largest absolute Gasteiger partial charge is 0.493 e. The molecular weight excluding hydrogens is 448 g/mol. The van der Waals surface area contributed by atoms with Gasteiger partial charge < -0.3 is 21.1 Å². The van der Waals surface area contributed by atoms with Crippen LogP contribution in [0.3, 0.4) is 0 Å². The highest BCUT2D eigenvalue weighted by molar-refractivity contribution is 7.89. The maximum absolute atomic E-state index is 13.3. The Kier molecular flexibility index (Phi) is 7.72. The molecule has 0 unspecified atom stereocenters. The number of hydrogen-bond acceptors (Lipinski definition) is 7. The number of benzene rings is 1. The minimum atomic E-state index is -3.79. The second-order valence-corrected chi connectivity index (χ2v) is 9.55. The molecule has 1 saturated heterocycles. The van der Waals surface area contributed by atoms with Gasteiger partial charge in [0.1, 0.15) is 11.4 Å². The van der Waals surface area contributed by atoms with Crippen LogP contribution >= 0.6 is 0 Å². The van der Waals surface area contributed by atoms with E-state index in [2.05, 4.69) is 15.7 Å². The average molecular weight is 479 g/mol. The maximum Gasteiger partial charge on any atom is 0.269 e. The summed E-state index contributed by atoms with van der Waals surface area (Å²) in [6.07, 6.45) is 1.26. The molecule has 2 aromatic rings. The fraction of sp³-hybridized carbons (Fsp3) is 0.476. The molecule has 12 heteroatoms. The molecule has 1 aliphatic rings. The molecule has 0 aliphatic carbocycles. The van der Waals surface area contributed by atoms with Crippen molar-refractivity contribution in [2.75, 3.05) is 38.1 Å². The maximum atomic E-state index is 13.3. The van der Waals surface area contributed by atoms with Crippen molar-refractivity contribution in [3.05, 3.63) is 35.2 Å². The van der Waals surface area contributed by atoms with Gasteiger partial charge in [0.2, 0.25) is 10.0 Å². The van der Waals surface area contributed by atoms with Crippen LogP contribution in [0.1, 0.15) is 46.8 Å². The van der Waals surface area contributed by atoms with Crippen LogP contribution in [-0.4, -0.2) is 67.1 Å². The van der Waals surface area contributed by atoms with Crippen molar-refractivity contribution in [3.8, 4) is 5.75 Å². The molecule has 1 aliphatic heterocycles. The van der Waals surface area contributed by atoms with Crippen molar-refractivity contribution in [2.24, 2.45) is 12.8 Å². The van der Waals surface area contributed by atoms with Crippen LogP contribution in [0.5, 0.6) is 5.75 Å². The summed E-state index contributed by atoms with van der Waals surface area (Å²) in [5.74, 6) is -1.12. The van der Waals surface area contributed by atoms with Gasteiger partial charge in [0, 0.05) is 33.2 Å². The molecule has 1 aromatic carbocycles. The van der Waals surface area contributed by atoms with Gasteiger partial charge in [-0.25, -0.2) is 8.42 Å². The Morgan fingerprint density at radius 1 is 1.24 bits per heavy atom. The molecule has 2 amide bonds. The van der Waals surface area contributed by atoms with E-state index in [4.69, 9.17) is 10.5 Å². The number of nitrogens with two attached hydrogens (primary N) is 1. The van der Waals surface area contributed by atoms with Crippen molar-refractivity contribution in [1.29, 1.82) is 0 Å². The van der Waals surface area contributed by atoms with Crippen LogP contribution in [0.4, 0.5) is 5.69 Å². The third-order valence-electron chi connectivity index (χ3n) is 5.29. The van der Waals surface area contributed by atoms with Gasteiger partial charge in [0.25, 0.3) is 11.8 Å². The van der Waals surface area contributed by atoms with E-state index in [9.17, 15) is 18.0 Å². The molecule has 1 aromatic heterocycles. The van der Waals surface area contributed by atoms with Gasteiger partial charge in [-0.2, -0.15) is 9.40 Å². The standard InChI is InChI=1S/C21H30N6O5S/c1-4-6-16-18(19(20(22)28)26(3)25-16)24-21(29)15-13-14(7-8-17(15)32-5-2)33(30,31)27-11-9-23-10-12-27/h7-8,13,23H,4-6,9-12H2,1-3H3,(H2,22,28)(H,24,29). The Hall–Kier alpha value is -2.96. The van der Waals surface area contributed by atoms with Crippen LogP contribution in [0.2, 0.25) is 0 Å². The topological polar surface area (TPSA) is 149 Å². The molecular formula is C21H30N6O5S. The highest BCUT2D eigenvalue weighted by Gasteiger charge is 2.29. The summed E-state index contributed by atoms with van der Waals surface area (Å²) in [5, 5.41) is 10.1. The van der Waals surface area contributed by atoms with Crippen molar-refractivity contribution in [1.82, 2.24) is 19.4 Å². The first kappa shape index (κ1) is 24.7. The minimum Gasteiger partial charge on any atom is -0.493 e. The highest BCUT2D eigenvalue weighted by Crippen LogP contribution is 2.28. The number of sulfonamides is 1. The Morgan fingerprint density at radius 3 is 2.55 bits per heavy atom. The Labute approximate surface area is 193 Å². The first-order valence-electron chi connectivity index (χ1n) is 10.8. The van der Waals surface area contributed by atoms with Gasteiger partial charge >= 0.3 is 0 Å². The molecule has 33 heavy (non-hydrogen) atoms. The van der Waals surface area contributed by atoms with E-state index >= 15 is 0 Å². The van der Waals surface area contributed by atoms with Crippen LogP contribution in [0.15, 0.2) is 23.1 Å². The SMILES string of the molecule is CCCc1nn(C)c(C(N)=O)c1NC(=O)c1cc(S(=O)(=O)N2CCNCC2)ccc1OCC. The number of anilines is 1. The van der Waals surface area contributed by atoms with E-state index in [1.807, 2.05) is 6.92 Å². The number of ether oxygens (including phenoxy) is 1. The molecule has 3 rings (SSSR count). The average Bonchev–Trinajstić information content (AvgIpc) is 3.09. The van der Waals surface area contributed by atoms with Crippen LogP contribution in [0, 0.1) is 0 Å². The number of amides is 2. The first-order chi connectivity index (χ1) is 15.7. The van der Waals surface area contributed by atoms with Crippen LogP contribution < -0.4 is 21.1 Å². The number of piperazine rings is 1. The number of carbonyl (C=O) groups excluding carboxylic acids is 2. The quantitative estimate of drug-likeness (QED) is 0.481. The van der Waals surface area contributed by atoms with Gasteiger partial charge in [-0.15, -0.1) is 0 Å². The van der Waals surface area contributed by atoms with Gasteiger partial charge in [-0.3, -0.25) is 14.3 Å². The summed E-state index contributed by atoms with van der Waals surface area (Å²) in [6, 6.07) is 4.21. The summed E-state index contributed by atoms with van der Waals surface area (Å²) < 4.78 is 34.5. The number of nitrogens with one attached hydrogen (secondary N) is 2. The molecule has 2 heterocycles. The van der Waals surface area contributed by atoms with E-state index in [-0.39, 0.29) is 34.2 Å². The van der Waals surface area contributed by atoms with E-state index in [1.165, 1.54) is 27.2 Å². The van der Waals surface area contributed by atoms with Gasteiger partial charge in [-0.1, -0.05) is 13.3 Å². The number of aryl methyl sites for hydroxylation is 2. The van der Waals surface area contributed by atoms with Crippen molar-refractivity contribution in [2.45, 2.75) is 31.6 Å². The number of hydrogen-bond donors (Lipinski definition) is 3. The number of rotatable bonds is 9. The van der Waals surface area contributed by atoms with Gasteiger partial charge in [-0.05, 0) is 31.5 Å². The summed E-state index contributed by atoms with van der Waals surface area (Å²) in [7, 11) is -2.22. The predicted octanol–water partition coefficient (Wildman–Crippen LogP) is 0.716. The van der Waals surface area contributed by atoms with Crippen molar-refractivity contribution >= 4 is 27.5 Å². The number of primary amides is 1. The lowest BCUT2D eigenvalue weighted by Gasteiger charge is -2.26. The van der Waals surface area contributed by atoms with Gasteiger partial charge in [0.15, 0.2) is 0 Å². The van der Waals surface area contributed by atoms with Crippen LogP contribution in [-0.2, 0) is 23.5 Å². The first-order valence-corrected chi connectivity index (χ1v) is 12.3. The molecule has 0 radical (unpaired) electrons. The Morgan fingerprint density at radius 2 is 1.94 bits per heavy atom. The zero-order valence-corrected chi connectivity index (χ0v) is 19.9. The van der Waals surface area contributed by atoms with Gasteiger partial charge in [0.05, 0.1) is 28.4 Å². The summed E-state index contributed by atoms with van der Waals surface area (Å²) in [4.78, 5) is 25.3. The number of nitrogens with zero attached hydrogens (tertiary/aromatic N) is 3. The van der Waals surface area contributed by atoms with E-state index in [0.29, 0.717) is 38.3 Å². The molecule has 0 bridgehead atoms. The lowest BCUT2D eigenvalue weighted by molar-refractivity contribution is 0.0992. The third kappa shape index (κ3) is 5.18. The summed E-state index contributed by atoms with van der Waals surface area (Å²) in [5.41, 5.74) is 6.35. The second kappa shape index (κ2) is 10.3. The zero-order chi connectivity index (χ0) is 24.2. The molecule has 0 atom stereocenters. The number of carbonyl (C=O) groups is 2. The van der Waals surface area contributed by atoms with Crippen LogP contribution in [0.25, 0.3) is 0 Å². The lowest BCUT2D eigenvalue weighted by atomic mass is 10.1. The molecule has 1 fully saturated rings. The normalized spacial score (nSPS) is 14.8. The Balaban J connectivity index is 2.02.